The second-order valence-corrected chi connectivity index (χ2v) is 3.57. The van der Waals surface area contributed by atoms with Crippen LogP contribution in [-0.4, -0.2) is 22.1 Å². The van der Waals surface area contributed by atoms with Gasteiger partial charge >= 0.3 is 6.01 Å². The molecule has 2 rings (SSSR count). The van der Waals surface area contributed by atoms with E-state index in [0.29, 0.717) is 11.3 Å². The van der Waals surface area contributed by atoms with Gasteiger partial charge in [-0.15, -0.1) is 0 Å². The fourth-order valence-electron chi connectivity index (χ4n) is 1.27. The van der Waals surface area contributed by atoms with Crippen LogP contribution in [0.2, 0.25) is 5.28 Å². The van der Waals surface area contributed by atoms with Crippen molar-refractivity contribution in [1.82, 2.24) is 15.0 Å². The Hall–Kier alpha value is -2.39. The van der Waals surface area contributed by atoms with Gasteiger partial charge < -0.3 is 10.1 Å². The monoisotopic (exact) mass is 261 g/mol. The summed E-state index contributed by atoms with van der Waals surface area (Å²) in [4.78, 5) is 11.6. The van der Waals surface area contributed by atoms with Gasteiger partial charge in [-0.1, -0.05) is 6.07 Å². The predicted molar refractivity (Wildman–Crippen MR) is 65.8 cm³/mol. The van der Waals surface area contributed by atoms with E-state index in [1.54, 1.807) is 24.3 Å². The molecule has 1 N–H and O–H groups in total. The summed E-state index contributed by atoms with van der Waals surface area (Å²) in [5, 5.41) is 11.7. The molecule has 0 amide bonds. The molecule has 0 bridgehead atoms. The summed E-state index contributed by atoms with van der Waals surface area (Å²) in [5.41, 5.74) is 1.21. The van der Waals surface area contributed by atoms with Gasteiger partial charge in [-0.2, -0.15) is 20.2 Å². The zero-order valence-corrected chi connectivity index (χ0v) is 10.1. The van der Waals surface area contributed by atoms with Crippen molar-refractivity contribution < 1.29 is 4.74 Å². The second-order valence-electron chi connectivity index (χ2n) is 3.23. The maximum atomic E-state index is 8.79. The van der Waals surface area contributed by atoms with E-state index >= 15 is 0 Å². The van der Waals surface area contributed by atoms with E-state index in [4.69, 9.17) is 21.6 Å². The van der Waals surface area contributed by atoms with Crippen LogP contribution in [0.3, 0.4) is 0 Å². The second kappa shape index (κ2) is 5.29. The number of nitriles is 1. The molecule has 1 aromatic heterocycles. The average Bonchev–Trinajstić information content (AvgIpc) is 2.38. The van der Waals surface area contributed by atoms with Crippen molar-refractivity contribution >= 4 is 23.2 Å². The first-order valence-corrected chi connectivity index (χ1v) is 5.32. The molecule has 0 saturated heterocycles. The van der Waals surface area contributed by atoms with Crippen LogP contribution in [0.25, 0.3) is 0 Å². The van der Waals surface area contributed by atoms with Gasteiger partial charge in [0.2, 0.25) is 11.2 Å². The first-order valence-electron chi connectivity index (χ1n) is 4.94. The van der Waals surface area contributed by atoms with Crippen molar-refractivity contribution in [1.29, 1.82) is 5.26 Å². The van der Waals surface area contributed by atoms with E-state index in [0.717, 1.165) is 0 Å². The summed E-state index contributed by atoms with van der Waals surface area (Å²) in [6.45, 7) is 0. The van der Waals surface area contributed by atoms with Crippen LogP contribution in [0.5, 0.6) is 6.01 Å². The number of hydrogen-bond donors (Lipinski definition) is 1. The van der Waals surface area contributed by atoms with Crippen molar-refractivity contribution in [3.05, 3.63) is 35.1 Å². The Kier molecular flexibility index (Phi) is 3.55. The van der Waals surface area contributed by atoms with Crippen LogP contribution in [0, 0.1) is 11.3 Å². The van der Waals surface area contributed by atoms with Crippen molar-refractivity contribution in [2.24, 2.45) is 0 Å². The molecule has 0 unspecified atom stereocenters. The van der Waals surface area contributed by atoms with E-state index in [9.17, 15) is 0 Å². The largest absolute Gasteiger partial charge is 0.467 e. The minimum atomic E-state index is 0.0285. The number of rotatable bonds is 3. The molecule has 2 aromatic rings. The van der Waals surface area contributed by atoms with Gasteiger partial charge in [-0.05, 0) is 29.8 Å². The summed E-state index contributed by atoms with van der Waals surface area (Å²) >= 11 is 5.72. The van der Waals surface area contributed by atoms with E-state index in [1.807, 2.05) is 6.07 Å². The van der Waals surface area contributed by atoms with Crippen LogP contribution in [0.4, 0.5) is 11.6 Å². The SMILES string of the molecule is COc1nc(Cl)nc(Nc2cccc(C#N)c2)n1. The molecule has 18 heavy (non-hydrogen) atoms. The standard InChI is InChI=1S/C11H8ClN5O/c1-18-11-16-9(12)15-10(17-11)14-8-4-2-3-7(5-8)6-13/h2-5H,1H3,(H,14,15,16,17). The Morgan fingerprint density at radius 3 is 2.89 bits per heavy atom. The summed E-state index contributed by atoms with van der Waals surface area (Å²) in [6, 6.07) is 9.07. The number of anilines is 2. The number of nitrogens with one attached hydrogen (secondary N) is 1. The van der Waals surface area contributed by atoms with Crippen molar-refractivity contribution in [2.45, 2.75) is 0 Å². The third kappa shape index (κ3) is 2.84. The van der Waals surface area contributed by atoms with Crippen LogP contribution < -0.4 is 10.1 Å². The van der Waals surface area contributed by atoms with Gasteiger partial charge in [0, 0.05) is 5.69 Å². The van der Waals surface area contributed by atoms with Crippen LogP contribution in [0.15, 0.2) is 24.3 Å². The number of halogens is 1. The molecule has 1 aromatic carbocycles. The smallest absolute Gasteiger partial charge is 0.322 e. The zero-order chi connectivity index (χ0) is 13.0. The number of benzene rings is 1. The first-order chi connectivity index (χ1) is 8.71. The lowest BCUT2D eigenvalue weighted by Crippen LogP contribution is -2.01. The first kappa shape index (κ1) is 12.1. The molecule has 0 aliphatic rings. The van der Waals surface area contributed by atoms with Gasteiger partial charge in [0.15, 0.2) is 0 Å². The number of methoxy groups -OCH3 is 1. The van der Waals surface area contributed by atoms with Gasteiger partial charge in [-0.3, -0.25) is 0 Å². The van der Waals surface area contributed by atoms with Gasteiger partial charge in [-0.25, -0.2) is 0 Å². The lowest BCUT2D eigenvalue weighted by molar-refractivity contribution is 0.379. The molecular formula is C11H8ClN5O. The summed E-state index contributed by atoms with van der Waals surface area (Å²) in [7, 11) is 1.44. The van der Waals surface area contributed by atoms with Gasteiger partial charge in [0.1, 0.15) is 0 Å². The van der Waals surface area contributed by atoms with Crippen molar-refractivity contribution in [3.63, 3.8) is 0 Å². The van der Waals surface area contributed by atoms with Gasteiger partial charge in [0.05, 0.1) is 18.7 Å². The average molecular weight is 262 g/mol. The third-order valence-corrected chi connectivity index (χ3v) is 2.19. The Morgan fingerprint density at radius 1 is 1.33 bits per heavy atom. The fourth-order valence-corrected chi connectivity index (χ4v) is 1.43. The summed E-state index contributed by atoms with van der Waals surface area (Å²) in [5.74, 6) is 0.252. The number of hydrogen-bond acceptors (Lipinski definition) is 6. The molecule has 0 aliphatic carbocycles. The lowest BCUT2D eigenvalue weighted by Gasteiger charge is -2.06. The van der Waals surface area contributed by atoms with E-state index in [1.165, 1.54) is 7.11 Å². The van der Waals surface area contributed by atoms with Gasteiger partial charge in [0.25, 0.3) is 0 Å². The minimum Gasteiger partial charge on any atom is -0.467 e. The normalized spacial score (nSPS) is 9.61. The maximum absolute atomic E-state index is 8.79. The highest BCUT2D eigenvalue weighted by Gasteiger charge is 2.05. The minimum absolute atomic E-state index is 0.0285. The highest BCUT2D eigenvalue weighted by Crippen LogP contribution is 2.17. The Morgan fingerprint density at radius 2 is 2.17 bits per heavy atom. The van der Waals surface area contributed by atoms with Crippen LogP contribution >= 0.6 is 11.6 Å². The third-order valence-electron chi connectivity index (χ3n) is 2.02. The molecule has 0 atom stereocenters. The highest BCUT2D eigenvalue weighted by atomic mass is 35.5. The molecule has 0 fully saturated rings. The Balaban J connectivity index is 2.28. The molecule has 90 valence electrons. The zero-order valence-electron chi connectivity index (χ0n) is 9.38. The lowest BCUT2D eigenvalue weighted by atomic mass is 10.2. The molecule has 7 heteroatoms. The number of nitrogens with zero attached hydrogens (tertiary/aromatic N) is 4. The molecule has 1 heterocycles. The predicted octanol–water partition coefficient (Wildman–Crippen LogP) is 2.15. The quantitative estimate of drug-likeness (QED) is 0.911. The molecule has 0 radical (unpaired) electrons. The summed E-state index contributed by atoms with van der Waals surface area (Å²) in [6.07, 6.45) is 0. The molecule has 0 aliphatic heterocycles. The number of aromatic nitrogens is 3. The molecule has 6 nitrogen and oxygen atoms in total. The van der Waals surface area contributed by atoms with Crippen molar-refractivity contribution in [3.8, 4) is 12.1 Å². The van der Waals surface area contributed by atoms with E-state index in [2.05, 4.69) is 20.3 Å². The summed E-state index contributed by atoms with van der Waals surface area (Å²) < 4.78 is 4.88. The van der Waals surface area contributed by atoms with Crippen LogP contribution in [0.1, 0.15) is 5.56 Å². The maximum Gasteiger partial charge on any atom is 0.322 e. The van der Waals surface area contributed by atoms with E-state index < -0.39 is 0 Å². The topological polar surface area (TPSA) is 83.7 Å². The van der Waals surface area contributed by atoms with Crippen LogP contribution in [-0.2, 0) is 0 Å². The number of ether oxygens (including phenoxy) is 1. The fraction of sp³-hybridized carbons (Fsp3) is 0.0909. The van der Waals surface area contributed by atoms with E-state index in [-0.39, 0.29) is 17.2 Å². The highest BCUT2D eigenvalue weighted by molar-refractivity contribution is 6.28. The van der Waals surface area contributed by atoms with Crippen molar-refractivity contribution in [2.75, 3.05) is 12.4 Å². The Bertz CT molecular complexity index is 611. The molecular weight excluding hydrogens is 254 g/mol. The Labute approximate surface area is 108 Å². The molecule has 0 saturated carbocycles. The molecule has 0 spiro atoms.